The minimum absolute atomic E-state index is 0.0741. The van der Waals surface area contributed by atoms with E-state index in [2.05, 4.69) is 44.2 Å². The molecule has 0 spiro atoms. The average molecular weight is 199 g/mol. The Bertz CT molecular complexity index is 379. The first kappa shape index (κ1) is 10.2. The van der Waals surface area contributed by atoms with Crippen molar-refractivity contribution >= 4 is 0 Å². The minimum atomic E-state index is -0.0741. The molecule has 1 atom stereocenters. The van der Waals surface area contributed by atoms with Crippen molar-refractivity contribution in [3.05, 3.63) is 35.4 Å². The monoisotopic (exact) mass is 199 g/mol. The van der Waals surface area contributed by atoms with Gasteiger partial charge >= 0.3 is 0 Å². The van der Waals surface area contributed by atoms with Crippen LogP contribution in [0.1, 0.15) is 43.2 Å². The van der Waals surface area contributed by atoms with Crippen molar-refractivity contribution in [3.63, 3.8) is 0 Å². The van der Waals surface area contributed by atoms with E-state index < -0.39 is 0 Å². The maximum absolute atomic E-state index is 9.27. The van der Waals surface area contributed by atoms with Crippen LogP contribution in [0.3, 0.4) is 0 Å². The molecule has 1 saturated carbocycles. The van der Waals surface area contributed by atoms with Gasteiger partial charge in [-0.05, 0) is 31.2 Å². The summed E-state index contributed by atoms with van der Waals surface area (Å²) in [5.41, 5.74) is 2.52. The highest BCUT2D eigenvalue weighted by Crippen LogP contribution is 2.50. The van der Waals surface area contributed by atoms with Crippen molar-refractivity contribution in [2.45, 2.75) is 39.0 Å². The summed E-state index contributed by atoms with van der Waals surface area (Å²) >= 11 is 0. The van der Waals surface area contributed by atoms with E-state index in [9.17, 15) is 5.26 Å². The van der Waals surface area contributed by atoms with E-state index in [0.29, 0.717) is 5.92 Å². The third-order valence-electron chi connectivity index (χ3n) is 3.87. The van der Waals surface area contributed by atoms with Gasteiger partial charge in [0, 0.05) is 0 Å². The van der Waals surface area contributed by atoms with E-state index in [0.717, 1.165) is 12.8 Å². The number of benzene rings is 1. The van der Waals surface area contributed by atoms with Crippen LogP contribution in [0, 0.1) is 23.7 Å². The molecule has 1 fully saturated rings. The quantitative estimate of drug-likeness (QED) is 0.710. The fourth-order valence-corrected chi connectivity index (χ4v) is 2.37. The van der Waals surface area contributed by atoms with Gasteiger partial charge in [0.1, 0.15) is 0 Å². The Labute approximate surface area is 91.7 Å². The van der Waals surface area contributed by atoms with Gasteiger partial charge < -0.3 is 0 Å². The van der Waals surface area contributed by atoms with Crippen LogP contribution in [-0.2, 0) is 0 Å². The maximum Gasteiger partial charge on any atom is 0.0696 e. The Morgan fingerprint density at radius 2 is 1.87 bits per heavy atom. The Morgan fingerprint density at radius 1 is 1.27 bits per heavy atom. The van der Waals surface area contributed by atoms with Gasteiger partial charge in [-0.2, -0.15) is 5.26 Å². The van der Waals surface area contributed by atoms with E-state index in [1.54, 1.807) is 0 Å². The highest BCUT2D eigenvalue weighted by atomic mass is 14.5. The van der Waals surface area contributed by atoms with Crippen LogP contribution >= 0.6 is 0 Å². The molecule has 1 aromatic carbocycles. The van der Waals surface area contributed by atoms with E-state index >= 15 is 0 Å². The lowest BCUT2D eigenvalue weighted by molar-refractivity contribution is 0.175. The second kappa shape index (κ2) is 3.70. The summed E-state index contributed by atoms with van der Waals surface area (Å²) in [6.07, 6.45) is 3.35. The second-order valence-corrected chi connectivity index (χ2v) is 4.75. The van der Waals surface area contributed by atoms with Crippen molar-refractivity contribution in [2.75, 3.05) is 0 Å². The first-order valence-electron chi connectivity index (χ1n) is 5.66. The molecule has 0 amide bonds. The Morgan fingerprint density at radius 3 is 2.27 bits per heavy atom. The lowest BCUT2D eigenvalue weighted by Crippen LogP contribution is -2.33. The Kier molecular flexibility index (Phi) is 2.52. The zero-order chi connectivity index (χ0) is 10.9. The molecule has 0 bridgehead atoms. The largest absolute Gasteiger partial charge is 0.198 e. The topological polar surface area (TPSA) is 23.8 Å². The molecule has 0 heterocycles. The summed E-state index contributed by atoms with van der Waals surface area (Å²) in [5, 5.41) is 9.27. The Hall–Kier alpha value is -1.29. The molecule has 1 aliphatic rings. The number of rotatable bonds is 2. The summed E-state index contributed by atoms with van der Waals surface area (Å²) in [6.45, 7) is 4.28. The smallest absolute Gasteiger partial charge is 0.0696 e. The molecule has 1 aromatic rings. The molecule has 0 aromatic heterocycles. The maximum atomic E-state index is 9.27. The minimum Gasteiger partial charge on any atom is -0.198 e. The molecule has 15 heavy (non-hydrogen) atoms. The van der Waals surface area contributed by atoms with Gasteiger partial charge in [0.15, 0.2) is 0 Å². The zero-order valence-electron chi connectivity index (χ0n) is 9.46. The van der Waals surface area contributed by atoms with Gasteiger partial charge in [-0.25, -0.2) is 0 Å². The summed E-state index contributed by atoms with van der Waals surface area (Å²) in [5.74, 6) is 0.372. The fourth-order valence-electron chi connectivity index (χ4n) is 2.37. The van der Waals surface area contributed by atoms with Crippen LogP contribution in [0.2, 0.25) is 0 Å². The number of hydrogen-bond acceptors (Lipinski definition) is 1. The van der Waals surface area contributed by atoms with E-state index in [1.165, 1.54) is 17.5 Å². The lowest BCUT2D eigenvalue weighted by Gasteiger charge is -2.40. The van der Waals surface area contributed by atoms with Gasteiger partial charge in [0.25, 0.3) is 0 Å². The lowest BCUT2D eigenvalue weighted by atomic mass is 9.61. The Balaban J connectivity index is 2.24. The van der Waals surface area contributed by atoms with Crippen LogP contribution in [0.5, 0.6) is 0 Å². The SMILES string of the molecule is Cc1ccc(C(C)C2(C#N)CCC2)cc1. The zero-order valence-corrected chi connectivity index (χ0v) is 9.46. The van der Waals surface area contributed by atoms with Crippen molar-refractivity contribution in [2.24, 2.45) is 5.41 Å². The van der Waals surface area contributed by atoms with Crippen LogP contribution in [-0.4, -0.2) is 0 Å². The highest BCUT2D eigenvalue weighted by molar-refractivity contribution is 5.29. The standard InChI is InChI=1S/C14H17N/c1-11-4-6-13(7-5-11)12(2)14(10-15)8-3-9-14/h4-7,12H,3,8-9H2,1-2H3. The molecule has 1 unspecified atom stereocenters. The third-order valence-corrected chi connectivity index (χ3v) is 3.87. The predicted molar refractivity (Wildman–Crippen MR) is 61.5 cm³/mol. The molecule has 78 valence electrons. The van der Waals surface area contributed by atoms with Crippen LogP contribution in [0.4, 0.5) is 0 Å². The van der Waals surface area contributed by atoms with Gasteiger partial charge in [0.05, 0.1) is 11.5 Å². The normalized spacial score (nSPS) is 20.1. The average Bonchev–Trinajstić information content (AvgIpc) is 2.18. The summed E-state index contributed by atoms with van der Waals surface area (Å²) in [6, 6.07) is 11.1. The van der Waals surface area contributed by atoms with Crippen molar-refractivity contribution < 1.29 is 0 Å². The van der Waals surface area contributed by atoms with Gasteiger partial charge in [-0.15, -0.1) is 0 Å². The predicted octanol–water partition coefficient (Wildman–Crippen LogP) is 3.79. The van der Waals surface area contributed by atoms with Gasteiger partial charge in [-0.3, -0.25) is 0 Å². The number of nitrogens with zero attached hydrogens (tertiary/aromatic N) is 1. The highest BCUT2D eigenvalue weighted by Gasteiger charge is 2.42. The van der Waals surface area contributed by atoms with Crippen molar-refractivity contribution in [1.29, 1.82) is 5.26 Å². The van der Waals surface area contributed by atoms with Gasteiger partial charge in [-0.1, -0.05) is 43.2 Å². The first-order valence-corrected chi connectivity index (χ1v) is 5.66. The van der Waals surface area contributed by atoms with Crippen molar-refractivity contribution in [1.82, 2.24) is 0 Å². The van der Waals surface area contributed by atoms with Gasteiger partial charge in [0.2, 0.25) is 0 Å². The summed E-state index contributed by atoms with van der Waals surface area (Å²) in [4.78, 5) is 0. The van der Waals surface area contributed by atoms with Crippen molar-refractivity contribution in [3.8, 4) is 6.07 Å². The second-order valence-electron chi connectivity index (χ2n) is 4.75. The molecule has 1 nitrogen and oxygen atoms in total. The van der Waals surface area contributed by atoms with Crippen LogP contribution in [0.15, 0.2) is 24.3 Å². The molecule has 0 radical (unpaired) electrons. The van der Waals surface area contributed by atoms with E-state index in [-0.39, 0.29) is 5.41 Å². The first-order chi connectivity index (χ1) is 7.18. The molecule has 1 aliphatic carbocycles. The number of aryl methyl sites for hydroxylation is 1. The number of hydrogen-bond donors (Lipinski definition) is 0. The molecule has 2 rings (SSSR count). The summed E-state index contributed by atoms with van der Waals surface area (Å²) in [7, 11) is 0. The van der Waals surface area contributed by atoms with Crippen LogP contribution in [0.25, 0.3) is 0 Å². The number of nitriles is 1. The van der Waals surface area contributed by atoms with E-state index in [4.69, 9.17) is 0 Å². The summed E-state index contributed by atoms with van der Waals surface area (Å²) < 4.78 is 0. The molecular weight excluding hydrogens is 182 g/mol. The van der Waals surface area contributed by atoms with E-state index in [1.807, 2.05) is 0 Å². The molecule has 0 N–H and O–H groups in total. The molecule has 0 saturated heterocycles. The molecule has 1 heteroatoms. The van der Waals surface area contributed by atoms with Crippen LogP contribution < -0.4 is 0 Å². The third kappa shape index (κ3) is 1.65. The molecular formula is C14H17N. The fraction of sp³-hybridized carbons (Fsp3) is 0.500. The molecule has 0 aliphatic heterocycles.